The van der Waals surface area contributed by atoms with Gasteiger partial charge in [-0.05, 0) is 47.5 Å². The predicted octanol–water partition coefficient (Wildman–Crippen LogP) is 4.96. The van der Waals surface area contributed by atoms with Crippen molar-refractivity contribution in [3.63, 3.8) is 0 Å². The number of ether oxygens (including phenoxy) is 1. The third-order valence-electron chi connectivity index (χ3n) is 4.82. The van der Waals surface area contributed by atoms with Gasteiger partial charge in [0.1, 0.15) is 5.75 Å². The molecule has 0 N–H and O–H groups in total. The molecule has 28 heavy (non-hydrogen) atoms. The topological polar surface area (TPSA) is 68.0 Å². The highest BCUT2D eigenvalue weighted by Crippen LogP contribution is 2.37. The largest absolute Gasteiger partial charge is 0.497 e. The molecule has 0 bridgehead atoms. The normalized spacial score (nSPS) is 16.0. The average molecular weight is 373 g/mol. The first-order chi connectivity index (χ1) is 13.7. The van der Waals surface area contributed by atoms with Crippen LogP contribution in [0.1, 0.15) is 23.6 Å². The summed E-state index contributed by atoms with van der Waals surface area (Å²) in [6.45, 7) is 0. The molecule has 1 aliphatic heterocycles. The van der Waals surface area contributed by atoms with Gasteiger partial charge in [0.25, 0.3) is 5.69 Å². The van der Waals surface area contributed by atoms with Crippen molar-refractivity contribution in [2.24, 2.45) is 5.10 Å². The lowest BCUT2D eigenvalue weighted by Gasteiger charge is -2.23. The van der Waals surface area contributed by atoms with Crippen molar-refractivity contribution < 1.29 is 9.66 Å². The number of nitro groups is 1. The Morgan fingerprint density at radius 1 is 1.04 bits per heavy atom. The van der Waals surface area contributed by atoms with Gasteiger partial charge in [-0.2, -0.15) is 5.10 Å². The Bertz CT molecular complexity index is 1020. The number of nitrogens with zero attached hydrogens (tertiary/aromatic N) is 3. The molecule has 0 radical (unpaired) electrons. The van der Waals surface area contributed by atoms with E-state index in [2.05, 4.69) is 0 Å². The fraction of sp³-hybridized carbons (Fsp3) is 0.136. The molecule has 1 atom stereocenters. The standard InChI is InChI=1S/C22H19N3O3/c1-28-20-12-10-16(11-13-20)21-15-22(17-6-5-9-19(14-17)25(26)27)24(23-21)18-7-3-2-4-8-18/h2-14,22H,15H2,1H3/t22-/m1/s1. The Hall–Kier alpha value is -3.67. The lowest BCUT2D eigenvalue weighted by molar-refractivity contribution is -0.384. The minimum Gasteiger partial charge on any atom is -0.497 e. The van der Waals surface area contributed by atoms with Crippen LogP contribution in [-0.4, -0.2) is 17.7 Å². The van der Waals surface area contributed by atoms with Crippen LogP contribution < -0.4 is 9.75 Å². The molecular formula is C22H19N3O3. The molecule has 0 saturated heterocycles. The number of rotatable bonds is 5. The van der Waals surface area contributed by atoms with Crippen LogP contribution >= 0.6 is 0 Å². The van der Waals surface area contributed by atoms with Gasteiger partial charge in [0.15, 0.2) is 0 Å². The molecule has 0 aliphatic carbocycles. The van der Waals surface area contributed by atoms with E-state index in [1.165, 1.54) is 6.07 Å². The van der Waals surface area contributed by atoms with E-state index in [0.29, 0.717) is 6.42 Å². The number of hydrazone groups is 1. The zero-order chi connectivity index (χ0) is 19.5. The Morgan fingerprint density at radius 2 is 1.79 bits per heavy atom. The van der Waals surface area contributed by atoms with Gasteiger partial charge in [-0.1, -0.05) is 30.3 Å². The Labute approximate surface area is 162 Å². The van der Waals surface area contributed by atoms with E-state index in [0.717, 1.165) is 28.3 Å². The summed E-state index contributed by atoms with van der Waals surface area (Å²) in [7, 11) is 1.64. The molecule has 3 aromatic carbocycles. The van der Waals surface area contributed by atoms with Crippen LogP contribution in [0, 0.1) is 10.1 Å². The highest BCUT2D eigenvalue weighted by atomic mass is 16.6. The lowest BCUT2D eigenvalue weighted by Crippen LogP contribution is -2.18. The minimum atomic E-state index is -0.365. The fourth-order valence-electron chi connectivity index (χ4n) is 3.39. The minimum absolute atomic E-state index is 0.0865. The van der Waals surface area contributed by atoms with E-state index in [-0.39, 0.29) is 16.7 Å². The number of methoxy groups -OCH3 is 1. The third-order valence-corrected chi connectivity index (χ3v) is 4.82. The molecule has 1 heterocycles. The molecular weight excluding hydrogens is 354 g/mol. The molecule has 0 fully saturated rings. The summed E-state index contributed by atoms with van der Waals surface area (Å²) in [6.07, 6.45) is 0.655. The number of non-ortho nitro benzene ring substituents is 1. The van der Waals surface area contributed by atoms with Crippen LogP contribution in [0.15, 0.2) is 84.0 Å². The van der Waals surface area contributed by atoms with Gasteiger partial charge in [0, 0.05) is 18.6 Å². The molecule has 6 heteroatoms. The third kappa shape index (κ3) is 3.44. The van der Waals surface area contributed by atoms with E-state index in [1.807, 2.05) is 65.7 Å². The van der Waals surface area contributed by atoms with Crippen LogP contribution in [0.25, 0.3) is 0 Å². The zero-order valence-electron chi connectivity index (χ0n) is 15.4. The van der Waals surface area contributed by atoms with Gasteiger partial charge in [0.2, 0.25) is 0 Å². The number of nitro benzene ring substituents is 1. The van der Waals surface area contributed by atoms with Crippen LogP contribution in [0.5, 0.6) is 5.75 Å². The number of anilines is 1. The Morgan fingerprint density at radius 3 is 2.46 bits per heavy atom. The summed E-state index contributed by atoms with van der Waals surface area (Å²) in [5.74, 6) is 0.789. The summed E-state index contributed by atoms with van der Waals surface area (Å²) in [5.41, 5.74) is 3.84. The summed E-state index contributed by atoms with van der Waals surface area (Å²) >= 11 is 0. The van der Waals surface area contributed by atoms with Crippen LogP contribution in [0.2, 0.25) is 0 Å². The summed E-state index contributed by atoms with van der Waals surface area (Å²) < 4.78 is 5.23. The van der Waals surface area contributed by atoms with Gasteiger partial charge in [0.05, 0.1) is 29.5 Å². The molecule has 0 spiro atoms. The summed E-state index contributed by atoms with van der Waals surface area (Å²) in [6, 6.07) is 24.3. The van der Waals surface area contributed by atoms with Crippen LogP contribution in [-0.2, 0) is 0 Å². The molecule has 4 rings (SSSR count). The molecule has 1 aliphatic rings. The van der Waals surface area contributed by atoms with E-state index in [9.17, 15) is 10.1 Å². The monoisotopic (exact) mass is 373 g/mol. The van der Waals surface area contributed by atoms with Crippen LogP contribution in [0.4, 0.5) is 11.4 Å². The first-order valence-corrected chi connectivity index (χ1v) is 8.96. The van der Waals surface area contributed by atoms with Crippen molar-refractivity contribution in [1.82, 2.24) is 0 Å². The smallest absolute Gasteiger partial charge is 0.269 e. The SMILES string of the molecule is COc1ccc(C2=NN(c3ccccc3)[C@@H](c3cccc([N+](=O)[O-])c3)C2)cc1. The maximum Gasteiger partial charge on any atom is 0.269 e. The average Bonchev–Trinajstić information content (AvgIpc) is 3.20. The van der Waals surface area contributed by atoms with Gasteiger partial charge in [-0.15, -0.1) is 0 Å². The van der Waals surface area contributed by atoms with E-state index in [4.69, 9.17) is 9.84 Å². The second-order valence-electron chi connectivity index (χ2n) is 6.53. The maximum absolute atomic E-state index is 11.2. The van der Waals surface area contributed by atoms with Crippen molar-refractivity contribution >= 4 is 17.1 Å². The predicted molar refractivity (Wildman–Crippen MR) is 109 cm³/mol. The van der Waals surface area contributed by atoms with Gasteiger partial charge >= 0.3 is 0 Å². The quantitative estimate of drug-likeness (QED) is 0.468. The summed E-state index contributed by atoms with van der Waals surface area (Å²) in [5, 5.41) is 18.0. The van der Waals surface area contributed by atoms with E-state index >= 15 is 0 Å². The van der Waals surface area contributed by atoms with Crippen molar-refractivity contribution in [3.05, 3.63) is 100 Å². The molecule has 0 saturated carbocycles. The number of hydrogen-bond donors (Lipinski definition) is 0. The second kappa shape index (κ2) is 7.52. The Kier molecular flexibility index (Phi) is 4.76. The summed E-state index contributed by atoms with van der Waals surface area (Å²) in [4.78, 5) is 10.9. The lowest BCUT2D eigenvalue weighted by atomic mass is 9.97. The molecule has 140 valence electrons. The number of benzene rings is 3. The zero-order valence-corrected chi connectivity index (χ0v) is 15.4. The van der Waals surface area contributed by atoms with E-state index in [1.54, 1.807) is 19.2 Å². The number of para-hydroxylation sites is 1. The first kappa shape index (κ1) is 17.7. The van der Waals surface area contributed by atoms with Gasteiger partial charge in [-0.25, -0.2) is 0 Å². The molecule has 0 unspecified atom stereocenters. The van der Waals surface area contributed by atoms with Crippen LogP contribution in [0.3, 0.4) is 0 Å². The fourth-order valence-corrected chi connectivity index (χ4v) is 3.39. The molecule has 3 aromatic rings. The van der Waals surface area contributed by atoms with Crippen molar-refractivity contribution in [2.75, 3.05) is 12.1 Å². The Balaban J connectivity index is 1.73. The first-order valence-electron chi connectivity index (χ1n) is 8.96. The highest BCUT2D eigenvalue weighted by molar-refractivity contribution is 6.03. The van der Waals surface area contributed by atoms with E-state index < -0.39 is 0 Å². The van der Waals surface area contributed by atoms with Crippen molar-refractivity contribution in [1.29, 1.82) is 0 Å². The van der Waals surface area contributed by atoms with Gasteiger partial charge in [-0.3, -0.25) is 15.1 Å². The highest BCUT2D eigenvalue weighted by Gasteiger charge is 2.30. The van der Waals surface area contributed by atoms with Gasteiger partial charge < -0.3 is 4.74 Å². The van der Waals surface area contributed by atoms with Crippen molar-refractivity contribution in [2.45, 2.75) is 12.5 Å². The maximum atomic E-state index is 11.2. The molecule has 0 aromatic heterocycles. The molecule has 6 nitrogen and oxygen atoms in total. The second-order valence-corrected chi connectivity index (χ2v) is 6.53. The number of hydrogen-bond acceptors (Lipinski definition) is 5. The molecule has 0 amide bonds. The van der Waals surface area contributed by atoms with Crippen molar-refractivity contribution in [3.8, 4) is 5.75 Å².